The molecule has 1 saturated heterocycles. The fourth-order valence-corrected chi connectivity index (χ4v) is 5.62. The van der Waals surface area contributed by atoms with Crippen molar-refractivity contribution in [3.05, 3.63) is 65.2 Å². The number of piperidine rings is 1. The minimum absolute atomic E-state index is 0.195. The largest absolute Gasteiger partial charge is 0.493 e. The van der Waals surface area contributed by atoms with Gasteiger partial charge in [0.05, 0.1) is 30.4 Å². The van der Waals surface area contributed by atoms with E-state index in [2.05, 4.69) is 28.1 Å². The average molecular weight is 530 g/mol. The van der Waals surface area contributed by atoms with Crippen LogP contribution in [0.15, 0.2) is 47.0 Å². The zero-order valence-electron chi connectivity index (χ0n) is 23.6. The lowest BCUT2D eigenvalue weighted by Gasteiger charge is -2.27. The van der Waals surface area contributed by atoms with Gasteiger partial charge in [0.1, 0.15) is 17.3 Å². The highest BCUT2D eigenvalue weighted by molar-refractivity contribution is 5.81. The first-order valence-corrected chi connectivity index (χ1v) is 14.1. The van der Waals surface area contributed by atoms with Gasteiger partial charge in [-0.05, 0) is 88.6 Å². The summed E-state index contributed by atoms with van der Waals surface area (Å²) in [6.45, 7) is 8.46. The third-order valence-corrected chi connectivity index (χ3v) is 7.80. The van der Waals surface area contributed by atoms with Gasteiger partial charge in [-0.15, -0.1) is 0 Å². The number of aromatic nitrogens is 2. The number of carbonyl (C=O) groups is 1. The summed E-state index contributed by atoms with van der Waals surface area (Å²) >= 11 is 0. The Bertz CT molecular complexity index is 1330. The molecule has 0 amide bonds. The van der Waals surface area contributed by atoms with Gasteiger partial charge in [-0.2, -0.15) is 0 Å². The predicted octanol–water partition coefficient (Wildman–Crippen LogP) is 6.58. The molecule has 0 unspecified atom stereocenters. The quantitative estimate of drug-likeness (QED) is 0.290. The van der Waals surface area contributed by atoms with Crippen molar-refractivity contribution in [1.29, 1.82) is 0 Å². The van der Waals surface area contributed by atoms with E-state index in [-0.39, 0.29) is 5.97 Å². The molecule has 3 heterocycles. The summed E-state index contributed by atoms with van der Waals surface area (Å²) in [5, 5.41) is 0. The summed E-state index contributed by atoms with van der Waals surface area (Å²) in [5.74, 6) is 3.12. The molecule has 2 aliphatic rings. The van der Waals surface area contributed by atoms with Crippen molar-refractivity contribution in [1.82, 2.24) is 9.97 Å². The molecular weight excluding hydrogens is 490 g/mol. The maximum absolute atomic E-state index is 12.3. The van der Waals surface area contributed by atoms with Gasteiger partial charge >= 0.3 is 5.97 Å². The Morgan fingerprint density at radius 3 is 2.69 bits per heavy atom. The van der Waals surface area contributed by atoms with Gasteiger partial charge in [-0.1, -0.05) is 18.2 Å². The van der Waals surface area contributed by atoms with Crippen LogP contribution in [0.3, 0.4) is 0 Å². The van der Waals surface area contributed by atoms with Gasteiger partial charge in [0.25, 0.3) is 0 Å². The van der Waals surface area contributed by atoms with E-state index in [4.69, 9.17) is 18.9 Å². The van der Waals surface area contributed by atoms with Crippen LogP contribution >= 0.6 is 0 Å². The minimum Gasteiger partial charge on any atom is -0.493 e. The van der Waals surface area contributed by atoms with Gasteiger partial charge in [0.15, 0.2) is 0 Å². The Balaban J connectivity index is 1.23. The predicted molar refractivity (Wildman–Crippen MR) is 153 cm³/mol. The van der Waals surface area contributed by atoms with Crippen molar-refractivity contribution in [2.75, 3.05) is 31.7 Å². The normalized spacial score (nSPS) is 15.5. The zero-order valence-corrected chi connectivity index (χ0v) is 23.6. The van der Waals surface area contributed by atoms with Crippen LogP contribution in [0.2, 0.25) is 0 Å². The number of fused-ring (bicyclic) bond motifs is 1. The van der Waals surface area contributed by atoms with E-state index in [1.807, 2.05) is 45.2 Å². The molecule has 2 aromatic heterocycles. The molecule has 1 aromatic carbocycles. The van der Waals surface area contributed by atoms with Crippen LogP contribution in [0.5, 0.6) is 5.75 Å². The van der Waals surface area contributed by atoms with Crippen LogP contribution in [0.25, 0.3) is 17.0 Å². The third kappa shape index (κ3) is 6.02. The zero-order chi connectivity index (χ0) is 27.4. The molecule has 1 aliphatic heterocycles. The summed E-state index contributed by atoms with van der Waals surface area (Å²) in [5.41, 5.74) is 4.74. The van der Waals surface area contributed by atoms with Gasteiger partial charge in [-0.25, -0.2) is 9.97 Å². The number of oxazole rings is 1. The fraction of sp³-hybridized carbons (Fsp3) is 0.469. The second-order valence-corrected chi connectivity index (χ2v) is 11.2. The Labute approximate surface area is 231 Å². The second-order valence-electron chi connectivity index (χ2n) is 11.2. The van der Waals surface area contributed by atoms with Gasteiger partial charge < -0.3 is 18.8 Å². The van der Waals surface area contributed by atoms with E-state index < -0.39 is 5.41 Å². The van der Waals surface area contributed by atoms with E-state index in [1.165, 1.54) is 37.5 Å². The lowest BCUT2D eigenvalue weighted by molar-refractivity contribution is -0.150. The van der Waals surface area contributed by atoms with Crippen LogP contribution in [-0.2, 0) is 22.4 Å². The van der Waals surface area contributed by atoms with Crippen LogP contribution in [0, 0.1) is 12.3 Å². The molecule has 1 fully saturated rings. The molecule has 0 atom stereocenters. The summed E-state index contributed by atoms with van der Waals surface area (Å²) in [6, 6.07) is 10.3. The summed E-state index contributed by atoms with van der Waals surface area (Å²) in [4.78, 5) is 24.1. The molecule has 5 rings (SSSR count). The number of carbonyl (C=O) groups excluding carboxylic acids is 1. The Hall–Kier alpha value is -3.61. The molecule has 0 saturated carbocycles. The topological polar surface area (TPSA) is 77.7 Å². The summed E-state index contributed by atoms with van der Waals surface area (Å²) < 4.78 is 17.3. The van der Waals surface area contributed by atoms with Crippen molar-refractivity contribution >= 4 is 17.4 Å². The molecular formula is C32H39N3O4. The summed E-state index contributed by atoms with van der Waals surface area (Å²) in [6.07, 6.45) is 11.0. The van der Waals surface area contributed by atoms with Crippen molar-refractivity contribution in [2.45, 2.75) is 65.7 Å². The average Bonchev–Trinajstić information content (AvgIpc) is 3.33. The van der Waals surface area contributed by atoms with Crippen LogP contribution in [-0.4, -0.2) is 42.7 Å². The number of aryl methyl sites for hydroxylation is 1. The van der Waals surface area contributed by atoms with Crippen molar-refractivity contribution in [3.8, 4) is 17.2 Å². The molecule has 1 aliphatic carbocycles. The molecule has 7 nitrogen and oxygen atoms in total. The Kier molecular flexibility index (Phi) is 8.05. The SMILES string of the molecule is COC(=O)C(C)(C)CC1=CCCc2c(OCCc3nc(-c4ccc(N5CCCCC5)nc4)oc3C)cccc21. The summed E-state index contributed by atoms with van der Waals surface area (Å²) in [7, 11) is 1.45. The van der Waals surface area contributed by atoms with E-state index in [9.17, 15) is 4.79 Å². The minimum atomic E-state index is -0.586. The monoisotopic (exact) mass is 529 g/mol. The number of rotatable bonds is 9. The number of esters is 1. The van der Waals surface area contributed by atoms with E-state index >= 15 is 0 Å². The van der Waals surface area contributed by atoms with E-state index in [0.717, 1.165) is 60.1 Å². The van der Waals surface area contributed by atoms with Crippen LogP contribution < -0.4 is 9.64 Å². The van der Waals surface area contributed by atoms with E-state index in [0.29, 0.717) is 25.3 Å². The molecule has 0 spiro atoms. The molecule has 3 aromatic rings. The standard InChI is InChI=1S/C32H39N3O4/c1-22-27(34-30(39-22)24-14-15-29(33-21-24)35-17-6-5-7-18-35)16-19-38-28-13-9-11-25-23(10-8-12-26(25)28)20-32(2,3)31(36)37-4/h9-11,13-15,21H,5-8,12,16-20H2,1-4H3. The van der Waals surface area contributed by atoms with Gasteiger partial charge in [0, 0.05) is 31.3 Å². The number of hydrogen-bond donors (Lipinski definition) is 0. The van der Waals surface area contributed by atoms with Gasteiger partial charge in [-0.3, -0.25) is 4.79 Å². The highest BCUT2D eigenvalue weighted by atomic mass is 16.5. The second kappa shape index (κ2) is 11.6. The molecule has 0 radical (unpaired) electrons. The third-order valence-electron chi connectivity index (χ3n) is 7.80. The number of anilines is 1. The number of allylic oxidation sites excluding steroid dienone is 2. The molecule has 0 bridgehead atoms. The highest BCUT2D eigenvalue weighted by Crippen LogP contribution is 2.39. The molecule has 0 N–H and O–H groups in total. The molecule has 7 heteroatoms. The number of benzene rings is 1. The number of nitrogens with zero attached hydrogens (tertiary/aromatic N) is 3. The van der Waals surface area contributed by atoms with Crippen molar-refractivity contribution in [2.24, 2.45) is 5.41 Å². The lowest BCUT2D eigenvalue weighted by Crippen LogP contribution is -2.29. The number of hydrogen-bond acceptors (Lipinski definition) is 7. The van der Waals surface area contributed by atoms with Gasteiger partial charge in [0.2, 0.25) is 5.89 Å². The maximum atomic E-state index is 12.3. The number of ether oxygens (including phenoxy) is 2. The van der Waals surface area contributed by atoms with Crippen molar-refractivity contribution in [3.63, 3.8) is 0 Å². The fourth-order valence-electron chi connectivity index (χ4n) is 5.62. The van der Waals surface area contributed by atoms with Crippen molar-refractivity contribution < 1.29 is 18.7 Å². The highest BCUT2D eigenvalue weighted by Gasteiger charge is 2.31. The first-order valence-electron chi connectivity index (χ1n) is 14.1. The Morgan fingerprint density at radius 1 is 1.13 bits per heavy atom. The smallest absolute Gasteiger partial charge is 0.311 e. The number of methoxy groups -OCH3 is 1. The number of pyridine rings is 1. The Morgan fingerprint density at radius 2 is 1.95 bits per heavy atom. The first-order chi connectivity index (χ1) is 18.9. The molecule has 206 valence electrons. The van der Waals surface area contributed by atoms with Crippen LogP contribution in [0.4, 0.5) is 5.82 Å². The lowest BCUT2D eigenvalue weighted by atomic mass is 9.79. The van der Waals surface area contributed by atoms with E-state index in [1.54, 1.807) is 0 Å². The first kappa shape index (κ1) is 27.0. The maximum Gasteiger partial charge on any atom is 0.311 e. The molecule has 39 heavy (non-hydrogen) atoms. The van der Waals surface area contributed by atoms with Crippen LogP contribution in [0.1, 0.15) is 68.5 Å².